The third-order valence-electron chi connectivity index (χ3n) is 24.9. The number of piperazine rings is 12. The highest BCUT2D eigenvalue weighted by Gasteiger charge is 2.25. The molecule has 0 aromatic carbocycles. The minimum absolute atomic E-state index is 0.103. The lowest BCUT2D eigenvalue weighted by molar-refractivity contribution is -0.121. The normalized spacial score (nSPS) is 26.3. The summed E-state index contributed by atoms with van der Waals surface area (Å²) in [6.07, 6.45) is 15.4. The number of carbonyl (C=O) groups excluding carboxylic acids is 1. The molecule has 14 saturated heterocycles. The molecule has 20 N–H and O–H groups in total. The van der Waals surface area contributed by atoms with E-state index in [0.717, 1.165) is 169 Å². The van der Waals surface area contributed by atoms with Crippen LogP contribution in [-0.4, -0.2) is 490 Å². The third-order valence-corrected chi connectivity index (χ3v) is 24.9. The Morgan fingerprint density at radius 2 is 0.709 bits per heavy atom. The summed E-state index contributed by atoms with van der Waals surface area (Å²) in [5.74, 6) is 1.09. The zero-order valence-electron chi connectivity index (χ0n) is 78.0. The van der Waals surface area contributed by atoms with Crippen molar-refractivity contribution in [3.05, 3.63) is 0 Å². The molecule has 30 nitrogen and oxygen atoms in total. The molecule has 15 fully saturated rings. The molecule has 14 aliphatic heterocycles. The number of nitrogens with zero attached hydrogens (tertiary/aromatic N) is 11. The number of likely N-dealkylation sites (N-methyl/N-ethyl adjacent to an activating group) is 3. The van der Waals surface area contributed by atoms with Crippen molar-refractivity contribution < 1.29 is 4.79 Å². The molecule has 0 radical (unpaired) electrons. The van der Waals surface area contributed by atoms with Crippen molar-refractivity contribution in [2.75, 3.05) is 388 Å². The molecule has 15 rings (SSSR count). The van der Waals surface area contributed by atoms with Crippen molar-refractivity contribution in [3.8, 4) is 0 Å². The van der Waals surface area contributed by atoms with Gasteiger partial charge in [-0.1, -0.05) is 12.8 Å². The van der Waals surface area contributed by atoms with E-state index in [9.17, 15) is 4.79 Å². The molecule has 4 atom stereocenters. The summed E-state index contributed by atoms with van der Waals surface area (Å²) in [6.45, 7) is 82.9. The third kappa shape index (κ3) is 59.0. The Hall–Kier alpha value is -1.65. The molecule has 14 heterocycles. The van der Waals surface area contributed by atoms with Gasteiger partial charge in [0, 0.05) is 343 Å². The Labute approximate surface area is 719 Å². The molecule has 1 saturated carbocycles. The first-order chi connectivity index (χ1) is 57.0. The minimum atomic E-state index is 0.103. The Morgan fingerprint density at radius 3 is 1.06 bits per heavy atom. The highest BCUT2D eigenvalue weighted by molar-refractivity contribution is 5.78. The summed E-state index contributed by atoms with van der Waals surface area (Å²) < 4.78 is 0. The molecule has 694 valence electrons. The lowest BCUT2D eigenvalue weighted by Crippen LogP contribution is -2.52. The first-order valence-electron chi connectivity index (χ1n) is 48.3. The second-order valence-electron chi connectivity index (χ2n) is 35.7. The fourth-order valence-electron chi connectivity index (χ4n) is 16.7. The number of hydrogen-bond donors (Lipinski definition) is 18. The van der Waals surface area contributed by atoms with Gasteiger partial charge in [0.25, 0.3) is 0 Å². The van der Waals surface area contributed by atoms with E-state index in [-0.39, 0.29) is 5.91 Å². The van der Waals surface area contributed by atoms with Gasteiger partial charge >= 0.3 is 0 Å². The second-order valence-corrected chi connectivity index (χ2v) is 35.7. The number of amides is 1. The van der Waals surface area contributed by atoms with Crippen LogP contribution in [0.2, 0.25) is 0 Å². The highest BCUT2D eigenvalue weighted by atomic mass is 16.2. The summed E-state index contributed by atoms with van der Waals surface area (Å²) in [6, 6.07) is 4.90. The van der Waals surface area contributed by atoms with Crippen LogP contribution in [0.4, 0.5) is 0 Å². The Bertz CT molecular complexity index is 2030. The van der Waals surface area contributed by atoms with Crippen LogP contribution in [0.5, 0.6) is 0 Å². The molecular formula is C87H195N29O. The molecule has 1 amide bonds. The van der Waals surface area contributed by atoms with Gasteiger partial charge in [0.2, 0.25) is 5.91 Å². The van der Waals surface area contributed by atoms with Gasteiger partial charge in [0.05, 0.1) is 6.54 Å². The van der Waals surface area contributed by atoms with Crippen LogP contribution >= 0.6 is 0 Å². The number of nitrogens with one attached hydrogen (secondary N) is 16. The Morgan fingerprint density at radius 1 is 0.342 bits per heavy atom. The van der Waals surface area contributed by atoms with Crippen molar-refractivity contribution in [1.82, 2.24) is 139 Å². The van der Waals surface area contributed by atoms with E-state index in [1.807, 2.05) is 0 Å². The Kier molecular flexibility index (Phi) is 67.7. The van der Waals surface area contributed by atoms with Gasteiger partial charge in [0.1, 0.15) is 0 Å². The zero-order valence-corrected chi connectivity index (χ0v) is 78.0. The van der Waals surface area contributed by atoms with E-state index in [1.165, 1.54) is 274 Å². The largest absolute Gasteiger partial charge is 0.354 e. The van der Waals surface area contributed by atoms with Gasteiger partial charge in [-0.05, 0) is 199 Å². The molecular weight excluding hydrogens is 1470 g/mol. The van der Waals surface area contributed by atoms with Gasteiger partial charge in [-0.2, -0.15) is 0 Å². The van der Waals surface area contributed by atoms with Crippen molar-refractivity contribution in [2.24, 2.45) is 17.4 Å². The highest BCUT2D eigenvalue weighted by Crippen LogP contribution is 2.23. The maximum Gasteiger partial charge on any atom is 0.234 e. The molecule has 1 aliphatic carbocycles. The average molecular weight is 1660 g/mol. The van der Waals surface area contributed by atoms with Crippen LogP contribution in [0.15, 0.2) is 0 Å². The monoisotopic (exact) mass is 1660 g/mol. The van der Waals surface area contributed by atoms with Gasteiger partial charge in [-0.15, -0.1) is 0 Å². The maximum atomic E-state index is 10.3. The number of likely N-dealkylation sites (tertiary alicyclic amines) is 1. The summed E-state index contributed by atoms with van der Waals surface area (Å²) >= 11 is 0. The van der Waals surface area contributed by atoms with Crippen molar-refractivity contribution >= 4 is 5.91 Å². The van der Waals surface area contributed by atoms with Gasteiger partial charge < -0.3 is 131 Å². The van der Waals surface area contributed by atoms with Crippen LogP contribution in [-0.2, 0) is 4.79 Å². The topological polar surface area (TPSA) is 297 Å². The predicted octanol–water partition coefficient (Wildman–Crippen LogP) is -2.22. The van der Waals surface area contributed by atoms with E-state index in [1.54, 1.807) is 0 Å². The molecule has 15 aliphatic rings. The van der Waals surface area contributed by atoms with E-state index in [0.29, 0.717) is 42.8 Å². The van der Waals surface area contributed by atoms with Crippen molar-refractivity contribution in [1.29, 1.82) is 0 Å². The molecule has 0 aromatic heterocycles. The van der Waals surface area contributed by atoms with Crippen LogP contribution in [0.25, 0.3) is 0 Å². The lowest BCUT2D eigenvalue weighted by atomic mass is 9.94. The summed E-state index contributed by atoms with van der Waals surface area (Å²) in [4.78, 5) is 37.9. The van der Waals surface area contributed by atoms with Gasteiger partial charge in [0.15, 0.2) is 0 Å². The quantitative estimate of drug-likeness (QED) is 0.0692. The molecule has 4 unspecified atom stereocenters. The molecule has 0 spiro atoms. The van der Waals surface area contributed by atoms with Gasteiger partial charge in [-0.3, -0.25) is 24.4 Å². The SMILES string of the molecule is C1CCC(N2CCNCC2)C1.C1CCN(CCCN2CCNCC2)C1.C1CNCCN1.CC(C)N(CCN1CCNCC1)C(C)C.CC1CNCCN1.CC1CNCCN1.CC1NCCNC1C.CN1CCN(CCC2CCNCC2)CC1.CN1CCN(CCN)CC1.CN1CCNCC1.NCCCN1CCNCC1.O=C1CNCCN1. The number of hydrogen-bond acceptors (Lipinski definition) is 29. The number of carbonyl (C=O) groups is 1. The first kappa shape index (κ1) is 108. The van der Waals surface area contributed by atoms with Crippen LogP contribution in [0.3, 0.4) is 0 Å². The summed E-state index contributed by atoms with van der Waals surface area (Å²) in [7, 11) is 6.55. The molecule has 0 aromatic rings. The number of piperidine rings is 1. The smallest absolute Gasteiger partial charge is 0.234 e. The standard InChI is InChI=1S/C12H25N3.C12H27N3.C11H23N3.C9H18N2.2C7H17N3.C6H14N2.3C5H12N2.C4H8N2O.C4H10N2/c1-14-8-10-15(11-9-14)7-4-12-2-5-13-6-3-12;1-11(2)15(12(3)4)10-9-14-7-5-13-6-8-14;1-2-7-13(6-1)8-3-9-14-10-4-12-5-11-14;1-2-4-9(3-1)11-7-5-10-6-8-11;1-9-4-6-10(3-2-8)7-5-9;8-2-1-5-10-6-3-9-4-7-10;1-5-6(2)8-4-3-7-5;1-7-4-2-6-3-5-7;2*1-5-4-6-2-3-7-5;7-4-3-5-1-2-6-4;1-2-6-4-3-5-1/h12-13H,2-11H2,1H3;11-13H,5-10H2,1-4H3;12H,1-11H2;9-10H,1-8H2;2-8H2,1H3;9H,1-8H2;5-8H,3-4H2,1-2H3;6H,2-5H2,1H3;2*5-7H,2-4H2,1H3;5H,1-3H2,(H,6,7);5-6H,1-4H2. The van der Waals surface area contributed by atoms with Crippen molar-refractivity contribution in [2.45, 2.75) is 168 Å². The summed E-state index contributed by atoms with van der Waals surface area (Å²) in [5.41, 5.74) is 10.8. The van der Waals surface area contributed by atoms with E-state index >= 15 is 0 Å². The van der Waals surface area contributed by atoms with E-state index < -0.39 is 0 Å². The van der Waals surface area contributed by atoms with Crippen LogP contribution in [0.1, 0.15) is 126 Å². The van der Waals surface area contributed by atoms with E-state index in [2.05, 4.69) is 216 Å². The first-order valence-corrected chi connectivity index (χ1v) is 48.3. The predicted molar refractivity (Wildman–Crippen MR) is 500 cm³/mol. The number of nitrogens with two attached hydrogens (primary N) is 2. The van der Waals surface area contributed by atoms with E-state index in [4.69, 9.17) is 11.5 Å². The maximum absolute atomic E-state index is 10.3. The number of rotatable bonds is 18. The van der Waals surface area contributed by atoms with Crippen LogP contribution < -0.4 is 96.5 Å². The van der Waals surface area contributed by atoms with Crippen molar-refractivity contribution in [3.63, 3.8) is 0 Å². The fraction of sp³-hybridized carbons (Fsp3) is 0.989. The van der Waals surface area contributed by atoms with Gasteiger partial charge in [-0.25, -0.2) is 0 Å². The molecule has 117 heavy (non-hydrogen) atoms. The minimum Gasteiger partial charge on any atom is -0.354 e. The fourth-order valence-corrected chi connectivity index (χ4v) is 16.7. The second kappa shape index (κ2) is 73.5. The summed E-state index contributed by atoms with van der Waals surface area (Å²) in [5, 5.41) is 52.2. The molecule has 30 heteroatoms. The average Bonchev–Trinajstić information content (AvgIpc) is 1.77. The Balaban J connectivity index is 0.000000272. The lowest BCUT2D eigenvalue weighted by Gasteiger charge is -2.34. The molecule has 0 bridgehead atoms. The van der Waals surface area contributed by atoms with Crippen LogP contribution in [0, 0.1) is 5.92 Å². The zero-order chi connectivity index (χ0) is 84.2.